The molecular formula is C27H31NO8S. The summed E-state index contributed by atoms with van der Waals surface area (Å²) in [6.07, 6.45) is 8.68. The van der Waals surface area contributed by atoms with Crippen LogP contribution in [-0.4, -0.2) is 39.9 Å². The number of ether oxygens (including phenoxy) is 1. The largest absolute Gasteiger partial charge is 0.453 e. The summed E-state index contributed by atoms with van der Waals surface area (Å²) in [5, 5.41) is 22.8. The van der Waals surface area contributed by atoms with E-state index >= 15 is 0 Å². The molecule has 0 aromatic carbocycles. The van der Waals surface area contributed by atoms with Crippen molar-refractivity contribution in [2.45, 2.75) is 71.3 Å². The number of allylic oxidation sites excluding steroid dienone is 4. The highest BCUT2D eigenvalue weighted by atomic mass is 32.1. The number of Topliss-reactive ketones (excluding diaryl/α,β-unsaturated/α-hetero) is 1. The summed E-state index contributed by atoms with van der Waals surface area (Å²) < 4.78 is 5.28. The fourth-order valence-electron chi connectivity index (χ4n) is 7.42. The number of carbonyl (C=O) groups is 3. The molecule has 1 aromatic rings. The van der Waals surface area contributed by atoms with Gasteiger partial charge in [-0.1, -0.05) is 31.1 Å². The maximum absolute atomic E-state index is 13.4. The van der Waals surface area contributed by atoms with Gasteiger partial charge in [0.15, 0.2) is 12.4 Å². The highest BCUT2D eigenvalue weighted by Gasteiger charge is 2.64. The molecule has 10 heteroatoms. The van der Waals surface area contributed by atoms with E-state index in [0.717, 1.165) is 30.6 Å². The second kappa shape index (κ2) is 8.87. The van der Waals surface area contributed by atoms with Gasteiger partial charge >= 0.3 is 5.97 Å². The number of ketones is 2. The van der Waals surface area contributed by atoms with Crippen molar-refractivity contribution < 1.29 is 34.2 Å². The molecule has 0 spiro atoms. The normalized spacial score (nSPS) is 34.4. The third kappa shape index (κ3) is 3.87. The lowest BCUT2D eigenvalue weighted by atomic mass is 9.50. The maximum Gasteiger partial charge on any atom is 0.349 e. The first-order valence-corrected chi connectivity index (χ1v) is 13.6. The summed E-state index contributed by atoms with van der Waals surface area (Å²) in [5.74, 6) is -0.799. The van der Waals surface area contributed by atoms with Crippen LogP contribution in [0.3, 0.4) is 0 Å². The number of thiophene rings is 1. The molecule has 4 aliphatic carbocycles. The quantitative estimate of drug-likeness (QED) is 0.246. The standard InChI is InChI=1S/C27H31NO8S/c1-15-21(36-28(33)34)14-37-23(15)24(31)35-13-22(30)27(32)11-8-20-18-5-4-16-12-17(29)6-9-25(16,2)19(18)7-10-26(20,27)3/h7,12,14,18,20,32H,4-6,8-11,13H2,1-3H3/t18?,20?,25-,26-,27-/m0/s1. The van der Waals surface area contributed by atoms with E-state index in [1.165, 1.54) is 23.5 Å². The Bertz CT molecular complexity index is 1260. The fraction of sp³-hybridized carbons (Fsp3) is 0.593. The minimum atomic E-state index is -1.62. The van der Waals surface area contributed by atoms with Crippen molar-refractivity contribution in [3.05, 3.63) is 49.2 Å². The van der Waals surface area contributed by atoms with E-state index in [1.54, 1.807) is 0 Å². The number of esters is 1. The van der Waals surface area contributed by atoms with E-state index in [9.17, 15) is 29.6 Å². The first kappa shape index (κ1) is 25.8. The van der Waals surface area contributed by atoms with E-state index in [4.69, 9.17) is 4.74 Å². The van der Waals surface area contributed by atoms with Crippen molar-refractivity contribution in [1.82, 2.24) is 0 Å². The Labute approximate surface area is 218 Å². The molecule has 9 nitrogen and oxygen atoms in total. The van der Waals surface area contributed by atoms with E-state index in [1.807, 2.05) is 13.0 Å². The summed E-state index contributed by atoms with van der Waals surface area (Å²) in [7, 11) is 0. The van der Waals surface area contributed by atoms with Crippen molar-refractivity contribution in [2.24, 2.45) is 22.7 Å². The van der Waals surface area contributed by atoms with Crippen LogP contribution in [-0.2, 0) is 14.3 Å². The van der Waals surface area contributed by atoms with E-state index in [2.05, 4.69) is 17.8 Å². The SMILES string of the molecule is Cc1c(O[N+](=O)[O-])csc1C(=O)OCC(=O)[C@@]1(O)CCC2C3CCC4=CC(=O)CC[C@]4(C)C3=CC[C@@]21C. The zero-order valence-electron chi connectivity index (χ0n) is 21.2. The Hall–Kier alpha value is -2.85. The molecule has 0 bridgehead atoms. The monoisotopic (exact) mass is 529 g/mol. The predicted octanol–water partition coefficient (Wildman–Crippen LogP) is 4.54. The van der Waals surface area contributed by atoms with Gasteiger partial charge in [0.25, 0.3) is 5.09 Å². The number of fused-ring (bicyclic) bond motifs is 5. The number of hydrogen-bond acceptors (Lipinski definition) is 9. The highest BCUT2D eigenvalue weighted by molar-refractivity contribution is 7.12. The number of rotatable bonds is 6. The van der Waals surface area contributed by atoms with E-state index in [0.29, 0.717) is 25.7 Å². The number of nitrogens with zero attached hydrogens (tertiary/aromatic N) is 1. The molecular weight excluding hydrogens is 498 g/mol. The topological polar surface area (TPSA) is 133 Å². The Morgan fingerprint density at radius 1 is 1.24 bits per heavy atom. The van der Waals surface area contributed by atoms with Crippen molar-refractivity contribution in [3.8, 4) is 5.75 Å². The lowest BCUT2D eigenvalue weighted by Gasteiger charge is -2.54. The van der Waals surface area contributed by atoms with Crippen LogP contribution in [0.5, 0.6) is 5.75 Å². The van der Waals surface area contributed by atoms with Gasteiger partial charge in [0.2, 0.25) is 5.78 Å². The molecule has 2 saturated carbocycles. The van der Waals surface area contributed by atoms with Crippen molar-refractivity contribution in [1.29, 1.82) is 0 Å². The Morgan fingerprint density at radius 2 is 2.00 bits per heavy atom. The fourth-order valence-corrected chi connectivity index (χ4v) is 8.29. The summed E-state index contributed by atoms with van der Waals surface area (Å²) >= 11 is 0.937. The van der Waals surface area contributed by atoms with Gasteiger partial charge in [-0.05, 0) is 63.4 Å². The van der Waals surface area contributed by atoms with Crippen molar-refractivity contribution in [3.63, 3.8) is 0 Å². The van der Waals surface area contributed by atoms with Crippen LogP contribution in [0, 0.1) is 39.7 Å². The van der Waals surface area contributed by atoms with Gasteiger partial charge in [0, 0.05) is 28.2 Å². The molecule has 1 heterocycles. The minimum Gasteiger partial charge on any atom is -0.453 e. The predicted molar refractivity (Wildman–Crippen MR) is 134 cm³/mol. The molecule has 1 aromatic heterocycles. The molecule has 37 heavy (non-hydrogen) atoms. The molecule has 5 rings (SSSR count). The van der Waals surface area contributed by atoms with Crippen LogP contribution in [0.2, 0.25) is 0 Å². The third-order valence-electron chi connectivity index (χ3n) is 9.64. The number of aliphatic hydroxyl groups is 1. The van der Waals surface area contributed by atoms with E-state index < -0.39 is 34.5 Å². The average Bonchev–Trinajstić information content (AvgIpc) is 3.34. The maximum atomic E-state index is 13.4. The molecule has 4 aliphatic rings. The lowest BCUT2D eigenvalue weighted by Crippen LogP contribution is -2.55. The molecule has 0 aliphatic heterocycles. The Kier molecular flexibility index (Phi) is 6.18. The zero-order chi connectivity index (χ0) is 26.8. The summed E-state index contributed by atoms with van der Waals surface area (Å²) in [4.78, 5) is 53.2. The van der Waals surface area contributed by atoms with Crippen LogP contribution in [0.15, 0.2) is 28.7 Å². The van der Waals surface area contributed by atoms with Crippen molar-refractivity contribution >= 4 is 28.9 Å². The van der Waals surface area contributed by atoms with Gasteiger partial charge in [-0.15, -0.1) is 21.5 Å². The van der Waals surface area contributed by atoms with Crippen LogP contribution in [0.1, 0.15) is 74.0 Å². The molecule has 1 N–H and O–H groups in total. The Balaban J connectivity index is 1.33. The highest BCUT2D eigenvalue weighted by Crippen LogP contribution is 2.65. The lowest BCUT2D eigenvalue weighted by molar-refractivity contribution is -0.711. The average molecular weight is 530 g/mol. The van der Waals surface area contributed by atoms with Crippen LogP contribution < -0.4 is 4.84 Å². The molecule has 0 radical (unpaired) electrons. The summed E-state index contributed by atoms with van der Waals surface area (Å²) in [6.45, 7) is 5.13. The molecule has 198 valence electrons. The van der Waals surface area contributed by atoms with Gasteiger partial charge in [-0.2, -0.15) is 0 Å². The Morgan fingerprint density at radius 3 is 2.73 bits per heavy atom. The molecule has 2 fully saturated rings. The van der Waals surface area contributed by atoms with Crippen LogP contribution in [0.4, 0.5) is 0 Å². The zero-order valence-corrected chi connectivity index (χ0v) is 22.0. The molecule has 0 amide bonds. The third-order valence-corrected chi connectivity index (χ3v) is 10.7. The first-order chi connectivity index (χ1) is 17.4. The van der Waals surface area contributed by atoms with Crippen molar-refractivity contribution in [2.75, 3.05) is 6.61 Å². The molecule has 5 atom stereocenters. The van der Waals surface area contributed by atoms with Gasteiger partial charge in [0.05, 0.1) is 0 Å². The van der Waals surface area contributed by atoms with Gasteiger partial charge < -0.3 is 9.84 Å². The van der Waals surface area contributed by atoms with Crippen LogP contribution >= 0.6 is 11.3 Å². The van der Waals surface area contributed by atoms with E-state index in [-0.39, 0.29) is 39.2 Å². The van der Waals surface area contributed by atoms with Gasteiger partial charge in [-0.3, -0.25) is 14.4 Å². The second-order valence-corrected chi connectivity index (χ2v) is 12.1. The second-order valence-electron chi connectivity index (χ2n) is 11.3. The summed E-state index contributed by atoms with van der Waals surface area (Å²) in [6, 6.07) is 0. The smallest absolute Gasteiger partial charge is 0.349 e. The molecule has 2 unspecified atom stereocenters. The number of carbonyl (C=O) groups excluding carboxylic acids is 3. The first-order valence-electron chi connectivity index (χ1n) is 12.7. The summed E-state index contributed by atoms with van der Waals surface area (Å²) in [5.41, 5.74) is 0.391. The van der Waals surface area contributed by atoms with Gasteiger partial charge in [0.1, 0.15) is 16.2 Å². The minimum absolute atomic E-state index is 0.0515. The molecule has 0 saturated heterocycles. The van der Waals surface area contributed by atoms with Gasteiger partial charge in [-0.25, -0.2) is 4.79 Å². The van der Waals surface area contributed by atoms with Crippen LogP contribution in [0.25, 0.3) is 0 Å². The number of hydrogen-bond donors (Lipinski definition) is 1.